The van der Waals surface area contributed by atoms with Crippen LogP contribution in [0.25, 0.3) is 0 Å². The summed E-state index contributed by atoms with van der Waals surface area (Å²) in [5.74, 6) is -0.226. The van der Waals surface area contributed by atoms with Gasteiger partial charge in [-0.05, 0) is 43.2 Å². The fourth-order valence-electron chi connectivity index (χ4n) is 5.08. The molecule has 0 bridgehead atoms. The average molecular weight is 396 g/mol. The number of benzene rings is 2. The number of fused-ring (bicyclic) bond motifs is 5. The minimum absolute atomic E-state index is 0.00396. The summed E-state index contributed by atoms with van der Waals surface area (Å²) >= 11 is 0. The molecule has 0 aromatic heterocycles. The topological polar surface area (TPSA) is 49.9 Å². The van der Waals surface area contributed by atoms with Crippen molar-refractivity contribution in [3.63, 3.8) is 0 Å². The van der Waals surface area contributed by atoms with Crippen molar-refractivity contribution < 1.29 is 14.3 Å². The molecule has 2 atom stereocenters. The van der Waals surface area contributed by atoms with Crippen LogP contribution in [0.1, 0.15) is 24.8 Å². The van der Waals surface area contributed by atoms with Crippen LogP contribution in [-0.4, -0.2) is 22.8 Å². The van der Waals surface area contributed by atoms with Gasteiger partial charge in [0, 0.05) is 29.6 Å². The molecule has 3 aliphatic heterocycles. The molecule has 0 radical (unpaired) electrons. The summed E-state index contributed by atoms with van der Waals surface area (Å²) in [7, 11) is 0. The van der Waals surface area contributed by atoms with E-state index in [9.17, 15) is 9.59 Å². The van der Waals surface area contributed by atoms with Gasteiger partial charge in [0.15, 0.2) is 12.0 Å². The second-order valence-electron chi connectivity index (χ2n) is 7.91. The largest absolute Gasteiger partial charge is 0.328 e. The summed E-state index contributed by atoms with van der Waals surface area (Å²) in [4.78, 5) is 31.1. The smallest absolute Gasteiger partial charge is 0.273 e. The SMILES string of the molecule is O=C1CCCC2=C1[C@@]1(O[C@H]3C=CC=CN23)C(=O)N(c2ccccc2)c2ccccc21. The number of ketones is 1. The predicted octanol–water partition coefficient (Wildman–Crippen LogP) is 4.31. The van der Waals surface area contributed by atoms with Crippen molar-refractivity contribution in [2.24, 2.45) is 0 Å². The van der Waals surface area contributed by atoms with Gasteiger partial charge < -0.3 is 9.64 Å². The number of rotatable bonds is 1. The molecule has 4 aliphatic rings. The molecule has 0 saturated heterocycles. The van der Waals surface area contributed by atoms with Gasteiger partial charge in [-0.3, -0.25) is 14.5 Å². The van der Waals surface area contributed by atoms with E-state index < -0.39 is 11.8 Å². The summed E-state index contributed by atoms with van der Waals surface area (Å²) in [6.07, 6.45) is 9.27. The Morgan fingerprint density at radius 3 is 2.60 bits per heavy atom. The van der Waals surface area contributed by atoms with Crippen molar-refractivity contribution in [1.29, 1.82) is 0 Å². The highest BCUT2D eigenvalue weighted by Crippen LogP contribution is 2.55. The fraction of sp³-hybridized carbons (Fsp3) is 0.200. The molecule has 5 nitrogen and oxygen atoms in total. The van der Waals surface area contributed by atoms with Crippen LogP contribution >= 0.6 is 0 Å². The molecular formula is C25H20N2O3. The van der Waals surface area contributed by atoms with Crippen LogP contribution in [-0.2, 0) is 19.9 Å². The molecule has 30 heavy (non-hydrogen) atoms. The van der Waals surface area contributed by atoms with E-state index in [1.807, 2.05) is 83.9 Å². The summed E-state index contributed by atoms with van der Waals surface area (Å²) in [6, 6.07) is 17.2. The van der Waals surface area contributed by atoms with Crippen LogP contribution in [0.3, 0.4) is 0 Å². The van der Waals surface area contributed by atoms with E-state index in [0.29, 0.717) is 12.0 Å². The summed E-state index contributed by atoms with van der Waals surface area (Å²) in [5.41, 5.74) is 2.26. The van der Waals surface area contributed by atoms with Gasteiger partial charge in [-0.1, -0.05) is 42.5 Å². The summed E-state index contributed by atoms with van der Waals surface area (Å²) < 4.78 is 6.59. The molecule has 0 saturated carbocycles. The number of hydrogen-bond acceptors (Lipinski definition) is 4. The average Bonchev–Trinajstić information content (AvgIpc) is 3.03. The van der Waals surface area contributed by atoms with E-state index in [4.69, 9.17) is 4.74 Å². The van der Waals surface area contributed by atoms with E-state index in [1.165, 1.54) is 0 Å². The highest BCUT2D eigenvalue weighted by atomic mass is 16.5. The highest BCUT2D eigenvalue weighted by Gasteiger charge is 2.61. The highest BCUT2D eigenvalue weighted by molar-refractivity contribution is 6.19. The zero-order chi connectivity index (χ0) is 20.3. The zero-order valence-corrected chi connectivity index (χ0v) is 16.3. The van der Waals surface area contributed by atoms with Crippen molar-refractivity contribution >= 4 is 23.1 Å². The lowest BCUT2D eigenvalue weighted by atomic mass is 9.77. The number of amides is 1. The molecule has 1 amide bonds. The van der Waals surface area contributed by atoms with E-state index >= 15 is 0 Å². The van der Waals surface area contributed by atoms with Gasteiger partial charge in [0.1, 0.15) is 0 Å². The van der Waals surface area contributed by atoms with Crippen LogP contribution in [0, 0.1) is 0 Å². The molecule has 1 aliphatic carbocycles. The Hall–Kier alpha value is -3.44. The lowest BCUT2D eigenvalue weighted by Crippen LogP contribution is -2.55. The third kappa shape index (κ3) is 2.15. The lowest BCUT2D eigenvalue weighted by Gasteiger charge is -2.47. The molecule has 3 heterocycles. The van der Waals surface area contributed by atoms with Gasteiger partial charge in [0.2, 0.25) is 5.60 Å². The number of hydrogen-bond donors (Lipinski definition) is 0. The number of ether oxygens (including phenoxy) is 1. The molecule has 0 unspecified atom stereocenters. The first-order chi connectivity index (χ1) is 14.7. The lowest BCUT2D eigenvalue weighted by molar-refractivity contribution is -0.160. The first kappa shape index (κ1) is 17.4. The zero-order valence-electron chi connectivity index (χ0n) is 16.3. The van der Waals surface area contributed by atoms with Gasteiger partial charge >= 0.3 is 0 Å². The number of para-hydroxylation sites is 2. The molecular weight excluding hydrogens is 376 g/mol. The van der Waals surface area contributed by atoms with E-state index in [2.05, 4.69) is 0 Å². The van der Waals surface area contributed by atoms with Crippen LogP contribution in [0.4, 0.5) is 11.4 Å². The maximum absolute atomic E-state index is 14.2. The molecule has 0 N–H and O–H groups in total. The quantitative estimate of drug-likeness (QED) is 0.721. The van der Waals surface area contributed by atoms with Gasteiger partial charge in [0.05, 0.1) is 11.3 Å². The van der Waals surface area contributed by atoms with Crippen LogP contribution < -0.4 is 4.90 Å². The van der Waals surface area contributed by atoms with E-state index in [1.54, 1.807) is 4.90 Å². The Morgan fingerprint density at radius 2 is 1.73 bits per heavy atom. The van der Waals surface area contributed by atoms with Crippen molar-refractivity contribution in [1.82, 2.24) is 4.90 Å². The Balaban J connectivity index is 1.65. The van der Waals surface area contributed by atoms with Gasteiger partial charge in [-0.15, -0.1) is 0 Å². The van der Waals surface area contributed by atoms with Crippen LogP contribution in [0.2, 0.25) is 0 Å². The molecule has 2 aromatic carbocycles. The fourth-order valence-corrected chi connectivity index (χ4v) is 5.08. The van der Waals surface area contributed by atoms with E-state index in [-0.39, 0.29) is 11.7 Å². The van der Waals surface area contributed by atoms with Crippen LogP contribution in [0.15, 0.2) is 90.3 Å². The minimum Gasteiger partial charge on any atom is -0.328 e. The van der Waals surface area contributed by atoms with Gasteiger partial charge in [-0.2, -0.15) is 0 Å². The standard InChI is InChI=1S/C25H20N2O3/c28-21-14-8-13-20-23(21)25(30-22-15-6-7-16-26(20)22)18-11-4-5-12-19(18)27(24(25)29)17-9-2-1-3-10-17/h1-7,9-12,15-16,22H,8,13-14H2/t22-,25+/m0/s1. The molecule has 1 spiro atoms. The number of allylic oxidation sites excluding steroid dienone is 3. The van der Waals surface area contributed by atoms with Gasteiger partial charge in [-0.25, -0.2) is 0 Å². The second kappa shape index (κ2) is 6.28. The number of anilines is 2. The number of Topliss-reactive ketones (excluding diaryl/α,β-unsaturated/α-hetero) is 1. The van der Waals surface area contributed by atoms with Gasteiger partial charge in [0.25, 0.3) is 5.91 Å². The Morgan fingerprint density at radius 1 is 0.933 bits per heavy atom. The Kier molecular flexibility index (Phi) is 3.65. The maximum atomic E-state index is 14.2. The Labute approximate surface area is 174 Å². The first-order valence-corrected chi connectivity index (χ1v) is 10.3. The number of nitrogens with zero attached hydrogens (tertiary/aromatic N) is 2. The van der Waals surface area contributed by atoms with Crippen molar-refractivity contribution in [2.45, 2.75) is 31.1 Å². The number of carbonyl (C=O) groups excluding carboxylic acids is 2. The maximum Gasteiger partial charge on any atom is 0.273 e. The minimum atomic E-state index is -1.42. The van der Waals surface area contributed by atoms with E-state index in [0.717, 1.165) is 35.5 Å². The third-order valence-corrected chi connectivity index (χ3v) is 6.30. The predicted molar refractivity (Wildman–Crippen MR) is 113 cm³/mol. The molecule has 148 valence electrons. The third-order valence-electron chi connectivity index (χ3n) is 6.30. The molecule has 6 rings (SSSR count). The molecule has 2 aromatic rings. The summed E-state index contributed by atoms with van der Waals surface area (Å²) in [6.45, 7) is 0. The van der Waals surface area contributed by atoms with Crippen molar-refractivity contribution in [3.8, 4) is 0 Å². The van der Waals surface area contributed by atoms with Crippen molar-refractivity contribution in [3.05, 3.63) is 95.9 Å². The first-order valence-electron chi connectivity index (χ1n) is 10.3. The normalized spacial score (nSPS) is 26.9. The molecule has 5 heteroatoms. The Bertz CT molecular complexity index is 1160. The van der Waals surface area contributed by atoms with Crippen molar-refractivity contribution in [2.75, 3.05) is 4.90 Å². The van der Waals surface area contributed by atoms with Crippen LogP contribution in [0.5, 0.6) is 0 Å². The summed E-state index contributed by atoms with van der Waals surface area (Å²) in [5, 5.41) is 0. The number of carbonyl (C=O) groups is 2. The monoisotopic (exact) mass is 396 g/mol. The molecule has 0 fully saturated rings. The second-order valence-corrected chi connectivity index (χ2v) is 7.91.